The van der Waals surface area contributed by atoms with E-state index in [0.29, 0.717) is 0 Å². The summed E-state index contributed by atoms with van der Waals surface area (Å²) >= 11 is 7.75. The van der Waals surface area contributed by atoms with Gasteiger partial charge in [-0.3, -0.25) is 0 Å². The normalized spacial score (nSPS) is 12.4. The number of aliphatic hydroxyl groups excluding tert-OH is 1. The first kappa shape index (κ1) is 13.5. The maximum atomic E-state index is 9.73. The van der Waals surface area contributed by atoms with Gasteiger partial charge in [0.2, 0.25) is 0 Å². The zero-order valence-corrected chi connectivity index (χ0v) is 11.7. The fraction of sp³-hybridized carbons (Fsp3) is 0.200. The monoisotopic (exact) mass is 278 g/mol. The maximum absolute atomic E-state index is 9.73. The van der Waals surface area contributed by atoms with Gasteiger partial charge in [-0.25, -0.2) is 0 Å². The second-order valence-electron chi connectivity index (χ2n) is 4.03. The third kappa shape index (κ3) is 3.29. The Morgan fingerprint density at radius 3 is 2.39 bits per heavy atom. The lowest BCUT2D eigenvalue weighted by molar-refractivity contribution is 0.173. The van der Waals surface area contributed by atoms with E-state index in [0.717, 1.165) is 26.8 Å². The van der Waals surface area contributed by atoms with Gasteiger partial charge >= 0.3 is 0 Å². The second-order valence-corrected chi connectivity index (χ2v) is 5.55. The molecule has 2 rings (SSSR count). The van der Waals surface area contributed by atoms with Gasteiger partial charge in [-0.15, -0.1) is 0 Å². The van der Waals surface area contributed by atoms with Crippen LogP contribution in [0.3, 0.4) is 0 Å². The number of aliphatic hydroxyl groups is 1. The van der Waals surface area contributed by atoms with Crippen molar-refractivity contribution < 1.29 is 5.11 Å². The molecule has 0 bridgehead atoms. The van der Waals surface area contributed by atoms with Crippen molar-refractivity contribution in [3.8, 4) is 0 Å². The Kier molecular flexibility index (Phi) is 4.70. The van der Waals surface area contributed by atoms with Gasteiger partial charge in [0.1, 0.15) is 0 Å². The predicted octanol–water partition coefficient (Wildman–Crippen LogP) is 4.93. The Morgan fingerprint density at radius 1 is 1.11 bits per heavy atom. The number of rotatable bonds is 4. The molecule has 3 heteroatoms. The van der Waals surface area contributed by atoms with E-state index in [4.69, 9.17) is 11.6 Å². The summed E-state index contributed by atoms with van der Waals surface area (Å²) in [5, 5.41) is 10.5. The first-order valence-electron chi connectivity index (χ1n) is 5.91. The smallest absolute Gasteiger partial charge is 0.0787 e. The molecule has 0 aliphatic rings. The van der Waals surface area contributed by atoms with Crippen LogP contribution in [0.25, 0.3) is 0 Å². The molecule has 0 fully saturated rings. The summed E-state index contributed by atoms with van der Waals surface area (Å²) in [7, 11) is 0. The van der Waals surface area contributed by atoms with E-state index >= 15 is 0 Å². The molecule has 94 valence electrons. The molecule has 0 aliphatic heterocycles. The van der Waals surface area contributed by atoms with Crippen molar-refractivity contribution in [3.63, 3.8) is 0 Å². The van der Waals surface area contributed by atoms with Gasteiger partial charge in [-0.05, 0) is 36.2 Å². The van der Waals surface area contributed by atoms with Crippen molar-refractivity contribution in [2.24, 2.45) is 0 Å². The van der Waals surface area contributed by atoms with Crippen molar-refractivity contribution in [3.05, 3.63) is 59.1 Å². The van der Waals surface area contributed by atoms with E-state index < -0.39 is 0 Å². The van der Waals surface area contributed by atoms with Crippen molar-refractivity contribution in [2.75, 3.05) is 0 Å². The Hall–Kier alpha value is -0.960. The van der Waals surface area contributed by atoms with Crippen LogP contribution in [0.2, 0.25) is 5.02 Å². The SMILES string of the molecule is CC[C@@H](O)c1ccc(Sc2ccccc2Cl)cc1. The molecule has 0 spiro atoms. The van der Waals surface area contributed by atoms with Crippen LogP contribution in [0.4, 0.5) is 0 Å². The molecule has 18 heavy (non-hydrogen) atoms. The molecule has 0 saturated carbocycles. The third-order valence-electron chi connectivity index (χ3n) is 2.72. The molecular weight excluding hydrogens is 264 g/mol. The van der Waals surface area contributed by atoms with Gasteiger partial charge in [-0.1, -0.05) is 54.6 Å². The molecule has 2 aromatic carbocycles. The second kappa shape index (κ2) is 6.28. The molecular formula is C15H15ClOS. The fourth-order valence-electron chi connectivity index (χ4n) is 1.65. The molecule has 0 aromatic heterocycles. The van der Waals surface area contributed by atoms with Crippen molar-refractivity contribution in [2.45, 2.75) is 29.2 Å². The van der Waals surface area contributed by atoms with Gasteiger partial charge in [0.15, 0.2) is 0 Å². The Bertz CT molecular complexity index is 510. The predicted molar refractivity (Wildman–Crippen MR) is 77.3 cm³/mol. The van der Waals surface area contributed by atoms with Crippen LogP contribution in [-0.4, -0.2) is 5.11 Å². The fourth-order valence-corrected chi connectivity index (χ4v) is 2.74. The summed E-state index contributed by atoms with van der Waals surface area (Å²) in [5.74, 6) is 0. The zero-order valence-electron chi connectivity index (χ0n) is 10.1. The number of halogens is 1. The standard InChI is InChI=1S/C15H15ClOS/c1-2-14(17)11-7-9-12(10-8-11)18-15-6-4-3-5-13(15)16/h3-10,14,17H,2H2,1H3/t14-/m1/s1. The Morgan fingerprint density at radius 2 is 1.78 bits per heavy atom. The van der Waals surface area contributed by atoms with Gasteiger partial charge in [0, 0.05) is 9.79 Å². The van der Waals surface area contributed by atoms with Crippen LogP contribution < -0.4 is 0 Å². The number of benzene rings is 2. The summed E-state index contributed by atoms with van der Waals surface area (Å²) in [5.41, 5.74) is 0.959. The average molecular weight is 279 g/mol. The average Bonchev–Trinajstić information content (AvgIpc) is 2.41. The minimum atomic E-state index is -0.371. The molecule has 1 N–H and O–H groups in total. The van der Waals surface area contributed by atoms with Crippen LogP contribution in [0, 0.1) is 0 Å². The summed E-state index contributed by atoms with van der Waals surface area (Å²) in [6, 6.07) is 15.8. The summed E-state index contributed by atoms with van der Waals surface area (Å²) in [4.78, 5) is 2.16. The van der Waals surface area contributed by atoms with Crippen LogP contribution in [-0.2, 0) is 0 Å². The summed E-state index contributed by atoms with van der Waals surface area (Å²) < 4.78 is 0. The molecule has 2 aromatic rings. The number of hydrogen-bond acceptors (Lipinski definition) is 2. The molecule has 1 nitrogen and oxygen atoms in total. The van der Waals surface area contributed by atoms with E-state index in [9.17, 15) is 5.11 Å². The largest absolute Gasteiger partial charge is 0.388 e. The minimum absolute atomic E-state index is 0.371. The van der Waals surface area contributed by atoms with E-state index in [-0.39, 0.29) is 6.10 Å². The first-order valence-corrected chi connectivity index (χ1v) is 7.10. The van der Waals surface area contributed by atoms with Crippen LogP contribution in [0.5, 0.6) is 0 Å². The zero-order chi connectivity index (χ0) is 13.0. The highest BCUT2D eigenvalue weighted by atomic mass is 35.5. The van der Waals surface area contributed by atoms with E-state index in [1.54, 1.807) is 11.8 Å². The molecule has 0 amide bonds. The van der Waals surface area contributed by atoms with Gasteiger partial charge in [-0.2, -0.15) is 0 Å². The minimum Gasteiger partial charge on any atom is -0.388 e. The molecule has 0 radical (unpaired) electrons. The quantitative estimate of drug-likeness (QED) is 0.855. The lowest BCUT2D eigenvalue weighted by Gasteiger charge is -2.09. The lowest BCUT2D eigenvalue weighted by Crippen LogP contribution is -1.93. The van der Waals surface area contributed by atoms with Gasteiger partial charge in [0.05, 0.1) is 11.1 Å². The molecule has 1 atom stereocenters. The Balaban J connectivity index is 2.14. The molecule has 0 saturated heterocycles. The lowest BCUT2D eigenvalue weighted by atomic mass is 10.1. The van der Waals surface area contributed by atoms with Gasteiger partial charge in [0.25, 0.3) is 0 Å². The highest BCUT2D eigenvalue weighted by Crippen LogP contribution is 2.33. The van der Waals surface area contributed by atoms with E-state index in [2.05, 4.69) is 0 Å². The number of hydrogen-bond donors (Lipinski definition) is 1. The van der Waals surface area contributed by atoms with Crippen molar-refractivity contribution in [1.29, 1.82) is 0 Å². The summed E-state index contributed by atoms with van der Waals surface area (Å²) in [6.45, 7) is 1.97. The highest BCUT2D eigenvalue weighted by Gasteiger charge is 2.05. The van der Waals surface area contributed by atoms with Gasteiger partial charge < -0.3 is 5.11 Å². The van der Waals surface area contributed by atoms with Crippen molar-refractivity contribution >= 4 is 23.4 Å². The van der Waals surface area contributed by atoms with E-state index in [1.165, 1.54) is 0 Å². The first-order chi connectivity index (χ1) is 8.70. The van der Waals surface area contributed by atoms with Crippen molar-refractivity contribution in [1.82, 2.24) is 0 Å². The molecule has 0 heterocycles. The summed E-state index contributed by atoms with van der Waals surface area (Å²) in [6.07, 6.45) is 0.362. The van der Waals surface area contributed by atoms with Crippen LogP contribution in [0.15, 0.2) is 58.3 Å². The highest BCUT2D eigenvalue weighted by molar-refractivity contribution is 7.99. The molecule has 0 unspecified atom stereocenters. The molecule has 0 aliphatic carbocycles. The van der Waals surface area contributed by atoms with Crippen LogP contribution >= 0.6 is 23.4 Å². The van der Waals surface area contributed by atoms with E-state index in [1.807, 2.05) is 55.5 Å². The van der Waals surface area contributed by atoms with Crippen LogP contribution in [0.1, 0.15) is 25.0 Å². The Labute approximate surface area is 117 Å². The third-order valence-corrected chi connectivity index (χ3v) is 4.24. The maximum Gasteiger partial charge on any atom is 0.0787 e. The topological polar surface area (TPSA) is 20.2 Å².